The van der Waals surface area contributed by atoms with Gasteiger partial charge >= 0.3 is 0 Å². The highest BCUT2D eigenvalue weighted by Crippen LogP contribution is 2.29. The highest BCUT2D eigenvalue weighted by molar-refractivity contribution is 6.30. The molecule has 1 aliphatic carbocycles. The topological polar surface area (TPSA) is 40.2 Å². The number of benzene rings is 2. The quantitative estimate of drug-likeness (QED) is 0.526. The minimum absolute atomic E-state index is 0.486. The number of hydrogen-bond acceptors (Lipinski definition) is 4. The predicted octanol–water partition coefficient (Wildman–Crippen LogP) is 5.51. The monoisotopic (exact) mass is 422 g/mol. The van der Waals surface area contributed by atoms with Gasteiger partial charge in [0.05, 0.1) is 5.52 Å². The Morgan fingerprint density at radius 3 is 2.50 bits per heavy atom. The Bertz CT molecular complexity index is 980. The van der Waals surface area contributed by atoms with Crippen molar-refractivity contribution in [1.82, 2.24) is 10.3 Å². The molecule has 0 bridgehead atoms. The van der Waals surface area contributed by atoms with Crippen LogP contribution >= 0.6 is 11.6 Å². The molecule has 2 aromatic carbocycles. The Balaban J connectivity index is 1.29. The first-order chi connectivity index (χ1) is 14.6. The zero-order chi connectivity index (χ0) is 20.9. The molecule has 0 aliphatic heterocycles. The first kappa shape index (κ1) is 21.0. The molecule has 1 heterocycles. The summed E-state index contributed by atoms with van der Waals surface area (Å²) in [6.45, 7) is 1.00. The molecule has 3 aromatic rings. The van der Waals surface area contributed by atoms with Crippen LogP contribution in [0.5, 0.6) is 0 Å². The summed E-state index contributed by atoms with van der Waals surface area (Å²) in [5.41, 5.74) is 3.55. The molecule has 30 heavy (non-hydrogen) atoms. The number of anilines is 2. The Kier molecular flexibility index (Phi) is 6.76. The van der Waals surface area contributed by atoms with Crippen molar-refractivity contribution in [3.63, 3.8) is 0 Å². The zero-order valence-electron chi connectivity index (χ0n) is 17.9. The molecule has 4 rings (SSSR count). The van der Waals surface area contributed by atoms with E-state index in [1.54, 1.807) is 0 Å². The van der Waals surface area contributed by atoms with Crippen molar-refractivity contribution in [2.75, 3.05) is 30.9 Å². The highest BCUT2D eigenvalue weighted by atomic mass is 35.5. The third-order valence-electron chi connectivity index (χ3n) is 5.99. The molecule has 0 unspecified atom stereocenters. The van der Waals surface area contributed by atoms with Gasteiger partial charge in [-0.2, -0.15) is 0 Å². The molecule has 1 fully saturated rings. The van der Waals surface area contributed by atoms with Crippen molar-refractivity contribution in [1.29, 1.82) is 0 Å². The number of rotatable bonds is 7. The van der Waals surface area contributed by atoms with Crippen molar-refractivity contribution in [2.45, 2.75) is 44.2 Å². The lowest BCUT2D eigenvalue weighted by atomic mass is 9.91. The molecule has 0 radical (unpaired) electrons. The smallest absolute Gasteiger partial charge is 0.128 e. The Hall–Kier alpha value is -2.30. The van der Waals surface area contributed by atoms with Crippen LogP contribution in [0.15, 0.2) is 54.6 Å². The van der Waals surface area contributed by atoms with Gasteiger partial charge < -0.3 is 15.5 Å². The minimum atomic E-state index is 0.486. The van der Waals surface area contributed by atoms with Gasteiger partial charge in [0.25, 0.3) is 0 Å². The molecule has 4 nitrogen and oxygen atoms in total. The van der Waals surface area contributed by atoms with E-state index in [0.717, 1.165) is 29.3 Å². The maximum Gasteiger partial charge on any atom is 0.128 e. The van der Waals surface area contributed by atoms with Crippen molar-refractivity contribution < 1.29 is 0 Å². The fraction of sp³-hybridized carbons (Fsp3) is 0.400. The number of fused-ring (bicyclic) bond motifs is 1. The summed E-state index contributed by atoms with van der Waals surface area (Å²) < 4.78 is 0. The maximum absolute atomic E-state index is 6.08. The van der Waals surface area contributed by atoms with Gasteiger partial charge in [0.2, 0.25) is 0 Å². The van der Waals surface area contributed by atoms with E-state index in [4.69, 9.17) is 16.6 Å². The van der Waals surface area contributed by atoms with E-state index in [0.29, 0.717) is 12.1 Å². The summed E-state index contributed by atoms with van der Waals surface area (Å²) >= 11 is 6.08. The molecule has 1 saturated carbocycles. The average Bonchev–Trinajstić information content (AvgIpc) is 2.74. The van der Waals surface area contributed by atoms with E-state index in [-0.39, 0.29) is 0 Å². The highest BCUT2D eigenvalue weighted by Gasteiger charge is 2.21. The standard InChI is InChI=1S/C25H31ClN4/c1-30(2)24-17-25(29-23-9-4-3-8-22(23)24)28-21-12-10-20(11-13-21)27-15-14-18-6-5-7-19(26)16-18/h3-9,16-17,20-21,27H,10-15H2,1-2H3,(H,28,29)/t20-,21+. The number of pyridine rings is 1. The summed E-state index contributed by atoms with van der Waals surface area (Å²) in [4.78, 5) is 7.02. The third kappa shape index (κ3) is 5.24. The van der Waals surface area contributed by atoms with E-state index in [1.165, 1.54) is 42.3 Å². The minimum Gasteiger partial charge on any atom is -0.377 e. The van der Waals surface area contributed by atoms with Crippen molar-refractivity contribution in [3.05, 3.63) is 65.2 Å². The summed E-state index contributed by atoms with van der Waals surface area (Å²) in [7, 11) is 4.18. The Morgan fingerprint density at radius 2 is 1.73 bits per heavy atom. The van der Waals surface area contributed by atoms with Crippen LogP contribution in [0.4, 0.5) is 11.5 Å². The van der Waals surface area contributed by atoms with Gasteiger partial charge in [-0.15, -0.1) is 0 Å². The zero-order valence-corrected chi connectivity index (χ0v) is 18.6. The van der Waals surface area contributed by atoms with Crippen LogP contribution < -0.4 is 15.5 Å². The largest absolute Gasteiger partial charge is 0.377 e. The van der Waals surface area contributed by atoms with Gasteiger partial charge in [0, 0.05) is 48.3 Å². The van der Waals surface area contributed by atoms with Crippen LogP contribution in [-0.2, 0) is 6.42 Å². The second-order valence-electron chi connectivity index (χ2n) is 8.47. The van der Waals surface area contributed by atoms with Gasteiger partial charge in [-0.3, -0.25) is 0 Å². The fourth-order valence-electron chi connectivity index (χ4n) is 4.37. The van der Waals surface area contributed by atoms with Crippen LogP contribution in [0.3, 0.4) is 0 Å². The molecule has 1 aromatic heterocycles. The lowest BCUT2D eigenvalue weighted by Gasteiger charge is -2.30. The van der Waals surface area contributed by atoms with Crippen LogP contribution in [-0.4, -0.2) is 37.7 Å². The summed E-state index contributed by atoms with van der Waals surface area (Å²) in [5, 5.41) is 9.44. The molecular weight excluding hydrogens is 392 g/mol. The van der Waals surface area contributed by atoms with Crippen LogP contribution in [0.1, 0.15) is 31.2 Å². The first-order valence-electron chi connectivity index (χ1n) is 10.9. The lowest BCUT2D eigenvalue weighted by Crippen LogP contribution is -2.38. The van der Waals surface area contributed by atoms with E-state index >= 15 is 0 Å². The SMILES string of the molecule is CN(C)c1cc(N[C@H]2CC[C@@H](NCCc3cccc(Cl)c3)CC2)nc2ccccc12. The predicted molar refractivity (Wildman–Crippen MR) is 129 cm³/mol. The molecule has 0 atom stereocenters. The second-order valence-corrected chi connectivity index (χ2v) is 8.90. The van der Waals surface area contributed by atoms with E-state index < -0.39 is 0 Å². The summed E-state index contributed by atoms with van der Waals surface area (Å²) in [5.74, 6) is 0.981. The van der Waals surface area contributed by atoms with Gasteiger partial charge in [-0.1, -0.05) is 41.9 Å². The molecule has 1 aliphatic rings. The number of nitrogens with zero attached hydrogens (tertiary/aromatic N) is 2. The Morgan fingerprint density at radius 1 is 0.967 bits per heavy atom. The molecule has 0 spiro atoms. The third-order valence-corrected chi connectivity index (χ3v) is 6.23. The normalized spacial score (nSPS) is 19.0. The number of para-hydroxylation sites is 1. The molecular formula is C25H31ClN4. The molecule has 5 heteroatoms. The number of halogens is 1. The van der Waals surface area contributed by atoms with Crippen molar-refractivity contribution in [2.24, 2.45) is 0 Å². The van der Waals surface area contributed by atoms with Gasteiger partial charge in [0.15, 0.2) is 0 Å². The fourth-order valence-corrected chi connectivity index (χ4v) is 4.58. The van der Waals surface area contributed by atoms with Gasteiger partial charge in [0.1, 0.15) is 5.82 Å². The molecule has 0 saturated heterocycles. The van der Waals surface area contributed by atoms with Crippen molar-refractivity contribution >= 4 is 34.0 Å². The lowest BCUT2D eigenvalue weighted by molar-refractivity contribution is 0.355. The summed E-state index contributed by atoms with van der Waals surface area (Å²) in [6.07, 6.45) is 5.75. The van der Waals surface area contributed by atoms with E-state index in [9.17, 15) is 0 Å². The van der Waals surface area contributed by atoms with Crippen LogP contribution in [0.2, 0.25) is 5.02 Å². The Labute approximate surface area is 184 Å². The number of hydrogen-bond donors (Lipinski definition) is 2. The maximum atomic E-state index is 6.08. The van der Waals surface area contributed by atoms with E-state index in [2.05, 4.69) is 72.1 Å². The van der Waals surface area contributed by atoms with Crippen LogP contribution in [0.25, 0.3) is 10.9 Å². The number of aromatic nitrogens is 1. The number of nitrogens with one attached hydrogen (secondary N) is 2. The first-order valence-corrected chi connectivity index (χ1v) is 11.3. The van der Waals surface area contributed by atoms with E-state index in [1.807, 2.05) is 12.1 Å². The van der Waals surface area contributed by atoms with Gasteiger partial charge in [-0.25, -0.2) is 4.98 Å². The molecule has 0 amide bonds. The summed E-state index contributed by atoms with van der Waals surface area (Å²) in [6, 6.07) is 19.8. The van der Waals surface area contributed by atoms with Crippen molar-refractivity contribution in [3.8, 4) is 0 Å². The molecule has 2 N–H and O–H groups in total. The van der Waals surface area contributed by atoms with Gasteiger partial charge in [-0.05, 0) is 62.4 Å². The second kappa shape index (κ2) is 9.67. The molecule has 158 valence electrons. The van der Waals surface area contributed by atoms with Crippen LogP contribution in [0, 0.1) is 0 Å². The average molecular weight is 423 g/mol.